The van der Waals surface area contributed by atoms with Gasteiger partial charge in [0.25, 0.3) is 0 Å². The quantitative estimate of drug-likeness (QED) is 0.860. The van der Waals surface area contributed by atoms with Gasteiger partial charge in [-0.1, -0.05) is 25.1 Å². The van der Waals surface area contributed by atoms with Crippen molar-refractivity contribution in [3.8, 4) is 0 Å². The molecule has 1 saturated heterocycles. The Kier molecular flexibility index (Phi) is 6.92. The molecule has 2 amide bonds. The average molecular weight is 335 g/mol. The second-order valence-electron chi connectivity index (χ2n) is 5.65. The summed E-state index contributed by atoms with van der Waals surface area (Å²) in [4.78, 5) is 28.1. The Morgan fingerprint density at radius 3 is 2.52 bits per heavy atom. The van der Waals surface area contributed by atoms with Crippen LogP contribution < -0.4 is 5.32 Å². The molecule has 6 heteroatoms. The normalized spacial score (nSPS) is 15.5. The van der Waals surface area contributed by atoms with E-state index in [0.29, 0.717) is 25.4 Å². The Balaban J connectivity index is 1.80. The first-order valence-electron chi connectivity index (χ1n) is 8.01. The maximum absolute atomic E-state index is 12.2. The van der Waals surface area contributed by atoms with Gasteiger partial charge in [0.15, 0.2) is 0 Å². The lowest BCUT2D eigenvalue weighted by atomic mass is 10.1. The minimum atomic E-state index is 0.00907. The number of rotatable bonds is 6. The molecule has 0 atom stereocenters. The first kappa shape index (κ1) is 17.8. The van der Waals surface area contributed by atoms with Gasteiger partial charge in [-0.3, -0.25) is 14.5 Å². The van der Waals surface area contributed by atoms with Gasteiger partial charge in [0.05, 0.1) is 12.3 Å². The fraction of sp³-hybridized carbons (Fsp3) is 0.529. The molecule has 126 valence electrons. The third kappa shape index (κ3) is 5.25. The predicted octanol–water partition coefficient (Wildman–Crippen LogP) is 1.69. The van der Waals surface area contributed by atoms with Crippen molar-refractivity contribution in [3.05, 3.63) is 29.8 Å². The van der Waals surface area contributed by atoms with Crippen LogP contribution in [0.25, 0.3) is 0 Å². The maximum Gasteiger partial charge on any atom is 0.238 e. The lowest BCUT2D eigenvalue weighted by molar-refractivity contribution is -0.130. The summed E-state index contributed by atoms with van der Waals surface area (Å²) in [5.74, 6) is 0.738. The Labute approximate surface area is 142 Å². The van der Waals surface area contributed by atoms with Crippen LogP contribution in [0.1, 0.15) is 12.5 Å². The van der Waals surface area contributed by atoms with Crippen molar-refractivity contribution in [1.82, 2.24) is 9.80 Å². The zero-order valence-electron chi connectivity index (χ0n) is 13.9. The zero-order valence-corrected chi connectivity index (χ0v) is 14.7. The smallest absolute Gasteiger partial charge is 0.238 e. The molecule has 1 aromatic carbocycles. The summed E-state index contributed by atoms with van der Waals surface area (Å²) < 4.78 is 0. The van der Waals surface area contributed by atoms with Gasteiger partial charge in [0, 0.05) is 31.9 Å². The summed E-state index contributed by atoms with van der Waals surface area (Å²) in [6, 6.07) is 7.89. The topological polar surface area (TPSA) is 52.7 Å². The number of nitrogens with zero attached hydrogens (tertiary/aromatic N) is 2. The number of amides is 2. The van der Waals surface area contributed by atoms with Crippen LogP contribution in [0.3, 0.4) is 0 Å². The third-order valence-electron chi connectivity index (χ3n) is 4.03. The Morgan fingerprint density at radius 1 is 1.17 bits per heavy atom. The highest BCUT2D eigenvalue weighted by atomic mass is 32.2. The number of benzene rings is 1. The van der Waals surface area contributed by atoms with E-state index < -0.39 is 0 Å². The van der Waals surface area contributed by atoms with E-state index in [1.165, 1.54) is 0 Å². The second-order valence-corrected chi connectivity index (χ2v) is 6.51. The largest absolute Gasteiger partial charge is 0.339 e. The number of piperazine rings is 1. The molecule has 1 N–H and O–H groups in total. The molecule has 0 unspecified atom stereocenters. The molecule has 0 radical (unpaired) electrons. The number of anilines is 1. The molecular weight excluding hydrogens is 310 g/mol. The molecule has 0 aromatic heterocycles. The number of thioether (sulfide) groups is 1. The molecule has 0 saturated carbocycles. The van der Waals surface area contributed by atoms with Crippen LogP contribution in [0.4, 0.5) is 5.69 Å². The maximum atomic E-state index is 12.2. The molecule has 0 bridgehead atoms. The predicted molar refractivity (Wildman–Crippen MR) is 95.9 cm³/mol. The third-order valence-corrected chi connectivity index (χ3v) is 4.57. The van der Waals surface area contributed by atoms with Crippen LogP contribution in [0, 0.1) is 0 Å². The number of carbonyl (C=O) groups excluding carboxylic acids is 2. The Bertz CT molecular complexity index is 542. The Morgan fingerprint density at radius 2 is 1.87 bits per heavy atom. The molecule has 2 rings (SSSR count). The fourth-order valence-electron chi connectivity index (χ4n) is 2.71. The van der Waals surface area contributed by atoms with E-state index in [4.69, 9.17) is 0 Å². The van der Waals surface area contributed by atoms with E-state index in [1.54, 1.807) is 11.8 Å². The van der Waals surface area contributed by atoms with Crippen LogP contribution in [-0.2, 0) is 16.0 Å². The van der Waals surface area contributed by atoms with Gasteiger partial charge >= 0.3 is 0 Å². The number of carbonyl (C=O) groups is 2. The second kappa shape index (κ2) is 8.93. The summed E-state index contributed by atoms with van der Waals surface area (Å²) in [6.07, 6.45) is 2.83. The van der Waals surface area contributed by atoms with Crippen molar-refractivity contribution in [2.24, 2.45) is 0 Å². The minimum absolute atomic E-state index is 0.00907. The van der Waals surface area contributed by atoms with E-state index in [-0.39, 0.29) is 11.8 Å². The molecule has 1 aliphatic heterocycles. The molecule has 0 aliphatic carbocycles. The summed E-state index contributed by atoms with van der Waals surface area (Å²) in [5, 5.41) is 3.00. The SMILES string of the molecule is CCc1ccccc1NC(=O)CN1CCN(C(=O)CSC)CC1. The molecule has 1 aromatic rings. The Hall–Kier alpha value is -1.53. The van der Waals surface area contributed by atoms with Gasteiger partial charge in [0.2, 0.25) is 11.8 Å². The van der Waals surface area contributed by atoms with E-state index in [1.807, 2.05) is 35.4 Å². The first-order valence-corrected chi connectivity index (χ1v) is 9.40. The van der Waals surface area contributed by atoms with Gasteiger partial charge in [-0.25, -0.2) is 0 Å². The standard InChI is InChI=1S/C17H25N3O2S/c1-3-14-6-4-5-7-15(14)18-16(21)12-19-8-10-20(11-9-19)17(22)13-23-2/h4-7H,3,8-13H2,1-2H3,(H,18,21). The van der Waals surface area contributed by atoms with Crippen molar-refractivity contribution in [2.45, 2.75) is 13.3 Å². The van der Waals surface area contributed by atoms with Crippen molar-refractivity contribution >= 4 is 29.3 Å². The van der Waals surface area contributed by atoms with Crippen molar-refractivity contribution in [3.63, 3.8) is 0 Å². The molecule has 23 heavy (non-hydrogen) atoms. The van der Waals surface area contributed by atoms with Crippen LogP contribution in [0.15, 0.2) is 24.3 Å². The lowest BCUT2D eigenvalue weighted by Crippen LogP contribution is -2.50. The average Bonchev–Trinajstić information content (AvgIpc) is 2.56. The highest BCUT2D eigenvalue weighted by Gasteiger charge is 2.22. The first-order chi connectivity index (χ1) is 11.1. The monoisotopic (exact) mass is 335 g/mol. The van der Waals surface area contributed by atoms with E-state index in [2.05, 4.69) is 17.1 Å². The molecule has 1 aliphatic rings. The fourth-order valence-corrected chi connectivity index (χ4v) is 3.14. The van der Waals surface area contributed by atoms with Crippen LogP contribution in [0.2, 0.25) is 0 Å². The molecule has 0 spiro atoms. The van der Waals surface area contributed by atoms with E-state index in [9.17, 15) is 9.59 Å². The molecule has 5 nitrogen and oxygen atoms in total. The van der Waals surface area contributed by atoms with Crippen LogP contribution in [-0.4, -0.2) is 66.3 Å². The van der Waals surface area contributed by atoms with Crippen LogP contribution >= 0.6 is 11.8 Å². The number of aryl methyl sites for hydroxylation is 1. The molecular formula is C17H25N3O2S. The van der Waals surface area contributed by atoms with Crippen molar-refractivity contribution in [2.75, 3.05) is 50.0 Å². The summed E-state index contributed by atoms with van der Waals surface area (Å²) in [7, 11) is 0. The van der Waals surface area contributed by atoms with Gasteiger partial charge in [-0.2, -0.15) is 11.8 Å². The van der Waals surface area contributed by atoms with Crippen molar-refractivity contribution in [1.29, 1.82) is 0 Å². The molecule has 1 fully saturated rings. The van der Waals surface area contributed by atoms with Crippen molar-refractivity contribution < 1.29 is 9.59 Å². The number of hydrogen-bond donors (Lipinski definition) is 1. The number of hydrogen-bond acceptors (Lipinski definition) is 4. The van der Waals surface area contributed by atoms with Gasteiger partial charge in [0.1, 0.15) is 0 Å². The highest BCUT2D eigenvalue weighted by molar-refractivity contribution is 7.99. The summed E-state index contributed by atoms with van der Waals surface area (Å²) in [5.41, 5.74) is 2.04. The molecule has 1 heterocycles. The van der Waals surface area contributed by atoms with Gasteiger partial charge in [-0.15, -0.1) is 0 Å². The number of para-hydroxylation sites is 1. The highest BCUT2D eigenvalue weighted by Crippen LogP contribution is 2.15. The van der Waals surface area contributed by atoms with Gasteiger partial charge in [-0.05, 0) is 24.3 Å². The van der Waals surface area contributed by atoms with Gasteiger partial charge < -0.3 is 10.2 Å². The lowest BCUT2D eigenvalue weighted by Gasteiger charge is -2.34. The van der Waals surface area contributed by atoms with E-state index >= 15 is 0 Å². The number of nitrogens with one attached hydrogen (secondary N) is 1. The van der Waals surface area contributed by atoms with E-state index in [0.717, 1.165) is 30.8 Å². The summed E-state index contributed by atoms with van der Waals surface area (Å²) in [6.45, 7) is 5.38. The summed E-state index contributed by atoms with van der Waals surface area (Å²) >= 11 is 1.55. The zero-order chi connectivity index (χ0) is 16.7. The minimum Gasteiger partial charge on any atom is -0.339 e. The van der Waals surface area contributed by atoms with Crippen LogP contribution in [0.5, 0.6) is 0 Å².